The van der Waals surface area contributed by atoms with Crippen LogP contribution in [0, 0.1) is 0 Å². The van der Waals surface area contributed by atoms with E-state index in [0.717, 1.165) is 44.9 Å². The van der Waals surface area contributed by atoms with Gasteiger partial charge in [0.1, 0.15) is 5.75 Å². The number of carbonyl (C=O) groups is 1. The van der Waals surface area contributed by atoms with E-state index >= 15 is 0 Å². The third kappa shape index (κ3) is 5.03. The Kier molecular flexibility index (Phi) is 6.52. The minimum atomic E-state index is -0.202. The second-order valence-electron chi connectivity index (χ2n) is 5.58. The van der Waals surface area contributed by atoms with E-state index in [0.29, 0.717) is 18.9 Å². The molecule has 6 nitrogen and oxygen atoms in total. The average molecular weight is 321 g/mol. The van der Waals surface area contributed by atoms with Crippen molar-refractivity contribution in [1.29, 1.82) is 0 Å². The lowest BCUT2D eigenvalue weighted by molar-refractivity contribution is 0.0799. The van der Waals surface area contributed by atoms with Gasteiger partial charge in [-0.1, -0.05) is 6.07 Å². The molecule has 1 saturated heterocycles. The Morgan fingerprint density at radius 1 is 1.17 bits per heavy atom. The normalized spacial score (nSPS) is 15.5. The summed E-state index contributed by atoms with van der Waals surface area (Å²) >= 11 is 0. The van der Waals surface area contributed by atoms with Crippen molar-refractivity contribution < 1.29 is 14.3 Å². The number of carbonyl (C=O) groups excluding carboxylic acids is 1. The number of nitrogens with zero attached hydrogens (tertiary/aromatic N) is 2. The van der Waals surface area contributed by atoms with Crippen molar-refractivity contribution in [2.75, 3.05) is 51.7 Å². The lowest BCUT2D eigenvalue weighted by atomic mass is 10.1. The maximum Gasteiger partial charge on any atom is 0.409 e. The third-order valence-corrected chi connectivity index (χ3v) is 3.99. The number of amides is 1. The highest BCUT2D eigenvalue weighted by Crippen LogP contribution is 2.22. The van der Waals surface area contributed by atoms with E-state index in [2.05, 4.69) is 11.0 Å². The molecular weight excluding hydrogens is 294 g/mol. The van der Waals surface area contributed by atoms with Gasteiger partial charge >= 0.3 is 6.09 Å². The topological polar surface area (TPSA) is 68.0 Å². The van der Waals surface area contributed by atoms with Gasteiger partial charge in [0.05, 0.1) is 18.9 Å². The molecule has 1 aromatic carbocycles. The van der Waals surface area contributed by atoms with Gasteiger partial charge in [-0.25, -0.2) is 4.79 Å². The van der Waals surface area contributed by atoms with Crippen molar-refractivity contribution in [3.8, 4) is 5.75 Å². The van der Waals surface area contributed by atoms with E-state index in [9.17, 15) is 4.79 Å². The van der Waals surface area contributed by atoms with Crippen LogP contribution in [0.3, 0.4) is 0 Å². The van der Waals surface area contributed by atoms with Gasteiger partial charge in [-0.15, -0.1) is 0 Å². The predicted octanol–water partition coefficient (Wildman–Crippen LogP) is 1.98. The molecule has 128 valence electrons. The summed E-state index contributed by atoms with van der Waals surface area (Å²) in [4.78, 5) is 15.8. The van der Waals surface area contributed by atoms with Crippen LogP contribution in [0.5, 0.6) is 5.75 Å². The number of rotatable bonds is 6. The van der Waals surface area contributed by atoms with Crippen LogP contribution in [0.4, 0.5) is 10.5 Å². The molecule has 0 bridgehead atoms. The highest BCUT2D eigenvalue weighted by atomic mass is 16.6. The zero-order valence-corrected chi connectivity index (χ0v) is 14.1. The molecule has 6 heteroatoms. The SMILES string of the molecule is CCOC(=O)N1CCN(CCc2ccc(OCC)c(N)c2)CC1. The van der Waals surface area contributed by atoms with Gasteiger partial charge in [-0.2, -0.15) is 0 Å². The molecule has 0 aromatic heterocycles. The first-order valence-electron chi connectivity index (χ1n) is 8.29. The number of hydrogen-bond donors (Lipinski definition) is 1. The second-order valence-corrected chi connectivity index (χ2v) is 5.58. The molecule has 2 N–H and O–H groups in total. The van der Waals surface area contributed by atoms with Crippen molar-refractivity contribution in [3.05, 3.63) is 23.8 Å². The fourth-order valence-corrected chi connectivity index (χ4v) is 2.70. The number of hydrogen-bond acceptors (Lipinski definition) is 5. The third-order valence-electron chi connectivity index (χ3n) is 3.99. The minimum absolute atomic E-state index is 0.202. The maximum atomic E-state index is 11.7. The van der Waals surface area contributed by atoms with Gasteiger partial charge in [-0.05, 0) is 38.0 Å². The lowest BCUT2D eigenvalue weighted by Crippen LogP contribution is -2.49. The van der Waals surface area contributed by atoms with Gasteiger partial charge in [-0.3, -0.25) is 4.90 Å². The van der Waals surface area contributed by atoms with Crippen molar-refractivity contribution in [2.45, 2.75) is 20.3 Å². The maximum absolute atomic E-state index is 11.7. The summed E-state index contributed by atoms with van der Waals surface area (Å²) in [5.74, 6) is 0.749. The zero-order chi connectivity index (χ0) is 16.7. The van der Waals surface area contributed by atoms with Crippen LogP contribution in [-0.4, -0.2) is 61.8 Å². The number of nitrogens with two attached hydrogens (primary N) is 1. The molecule has 0 radical (unpaired) electrons. The fraction of sp³-hybridized carbons (Fsp3) is 0.588. The molecule has 0 spiro atoms. The van der Waals surface area contributed by atoms with Crippen molar-refractivity contribution in [2.24, 2.45) is 0 Å². The van der Waals surface area contributed by atoms with Gasteiger partial charge in [0.25, 0.3) is 0 Å². The van der Waals surface area contributed by atoms with E-state index in [-0.39, 0.29) is 6.09 Å². The molecule has 1 amide bonds. The first kappa shape index (κ1) is 17.4. The number of piperazine rings is 1. The fourth-order valence-electron chi connectivity index (χ4n) is 2.70. The van der Waals surface area contributed by atoms with Gasteiger partial charge in [0, 0.05) is 32.7 Å². The van der Waals surface area contributed by atoms with E-state index < -0.39 is 0 Å². The van der Waals surface area contributed by atoms with Crippen LogP contribution in [0.2, 0.25) is 0 Å². The van der Waals surface area contributed by atoms with Crippen molar-refractivity contribution >= 4 is 11.8 Å². The summed E-state index contributed by atoms with van der Waals surface area (Å²) in [6.45, 7) is 9.00. The Labute approximate surface area is 138 Å². The van der Waals surface area contributed by atoms with Crippen molar-refractivity contribution in [1.82, 2.24) is 9.80 Å². The lowest BCUT2D eigenvalue weighted by Gasteiger charge is -2.34. The molecule has 0 atom stereocenters. The van der Waals surface area contributed by atoms with Crippen LogP contribution in [0.1, 0.15) is 19.4 Å². The summed E-state index contributed by atoms with van der Waals surface area (Å²) in [5, 5.41) is 0. The smallest absolute Gasteiger partial charge is 0.409 e. The summed E-state index contributed by atoms with van der Waals surface area (Å²) in [7, 11) is 0. The predicted molar refractivity (Wildman–Crippen MR) is 90.8 cm³/mol. The van der Waals surface area contributed by atoms with Crippen LogP contribution < -0.4 is 10.5 Å². The molecular formula is C17H27N3O3. The van der Waals surface area contributed by atoms with Crippen molar-refractivity contribution in [3.63, 3.8) is 0 Å². The number of ether oxygens (including phenoxy) is 2. The van der Waals surface area contributed by atoms with E-state index in [1.807, 2.05) is 26.0 Å². The summed E-state index contributed by atoms with van der Waals surface area (Å²) in [6, 6.07) is 5.99. The highest BCUT2D eigenvalue weighted by molar-refractivity contribution is 5.67. The molecule has 1 fully saturated rings. The number of nitrogen functional groups attached to an aromatic ring is 1. The number of benzene rings is 1. The zero-order valence-electron chi connectivity index (χ0n) is 14.1. The van der Waals surface area contributed by atoms with E-state index in [1.165, 1.54) is 5.56 Å². The molecule has 2 rings (SSSR count). The highest BCUT2D eigenvalue weighted by Gasteiger charge is 2.21. The van der Waals surface area contributed by atoms with Crippen LogP contribution >= 0.6 is 0 Å². The Hall–Kier alpha value is -1.95. The molecule has 1 aliphatic rings. The number of anilines is 1. The molecule has 0 unspecified atom stereocenters. The van der Waals surface area contributed by atoms with Gasteiger partial charge in [0.15, 0.2) is 0 Å². The molecule has 0 aliphatic carbocycles. The largest absolute Gasteiger partial charge is 0.492 e. The quantitative estimate of drug-likeness (QED) is 0.812. The molecule has 0 saturated carbocycles. The average Bonchev–Trinajstić information content (AvgIpc) is 2.56. The second kappa shape index (κ2) is 8.62. The Morgan fingerprint density at radius 2 is 1.91 bits per heavy atom. The molecule has 1 heterocycles. The molecule has 23 heavy (non-hydrogen) atoms. The van der Waals surface area contributed by atoms with E-state index in [4.69, 9.17) is 15.2 Å². The van der Waals surface area contributed by atoms with Gasteiger partial charge in [0.2, 0.25) is 0 Å². The Balaban J connectivity index is 1.77. The van der Waals surface area contributed by atoms with E-state index in [1.54, 1.807) is 4.90 Å². The minimum Gasteiger partial charge on any atom is -0.492 e. The molecule has 1 aromatic rings. The first-order valence-corrected chi connectivity index (χ1v) is 8.29. The summed E-state index contributed by atoms with van der Waals surface area (Å²) in [6.07, 6.45) is 0.738. The van der Waals surface area contributed by atoms with Crippen LogP contribution in [0.25, 0.3) is 0 Å². The molecule has 1 aliphatic heterocycles. The summed E-state index contributed by atoms with van der Waals surface area (Å²) in [5.41, 5.74) is 7.90. The Bertz CT molecular complexity index is 514. The first-order chi connectivity index (χ1) is 11.1. The van der Waals surface area contributed by atoms with Crippen LogP contribution in [0.15, 0.2) is 18.2 Å². The monoisotopic (exact) mass is 321 g/mol. The summed E-state index contributed by atoms with van der Waals surface area (Å²) < 4.78 is 10.5. The van der Waals surface area contributed by atoms with Crippen LogP contribution in [-0.2, 0) is 11.2 Å². The Morgan fingerprint density at radius 3 is 2.52 bits per heavy atom. The van der Waals surface area contributed by atoms with Gasteiger partial charge < -0.3 is 20.1 Å². The standard InChI is InChI=1S/C17H27N3O3/c1-3-22-16-6-5-14(13-15(16)18)7-8-19-9-11-20(12-10-19)17(21)23-4-2/h5-6,13H,3-4,7-12,18H2,1-2H3.